The van der Waals surface area contributed by atoms with E-state index < -0.39 is 29.4 Å². The molecule has 0 atom stereocenters. The fraction of sp³-hybridized carbons (Fsp3) is 0.447. The lowest BCUT2D eigenvalue weighted by Gasteiger charge is -2.28. The zero-order valence-corrected chi connectivity index (χ0v) is 64.9. The van der Waals surface area contributed by atoms with Gasteiger partial charge < -0.3 is 91.2 Å². The number of ether oxygens (including phenoxy) is 6. The maximum atomic E-state index is 13.2. The molecular formula is C76H101Cl2F4N11O17. The summed E-state index contributed by atoms with van der Waals surface area (Å²) in [7, 11) is 0. The van der Waals surface area contributed by atoms with E-state index in [9.17, 15) is 65.5 Å². The highest BCUT2D eigenvalue weighted by atomic mass is 35.5. The third kappa shape index (κ3) is 31.3. The lowest BCUT2D eigenvalue weighted by molar-refractivity contribution is -0.137. The second kappa shape index (κ2) is 46.8. The summed E-state index contributed by atoms with van der Waals surface area (Å²) in [6, 6.07) is 20.1. The van der Waals surface area contributed by atoms with E-state index in [1.165, 1.54) is 19.6 Å². The molecule has 0 aliphatic carbocycles. The number of carbonyl (C=O) groups is 10. The molecule has 110 heavy (non-hydrogen) atoms. The van der Waals surface area contributed by atoms with Crippen molar-refractivity contribution in [3.63, 3.8) is 0 Å². The van der Waals surface area contributed by atoms with Crippen LogP contribution >= 0.6 is 24.8 Å². The zero-order valence-electron chi connectivity index (χ0n) is 63.3. The Kier molecular flexibility index (Phi) is 39.9. The standard InChI is InChI=1S/C22H30FN3O5.C20H25FN2O6.2C17H22FN3O3.2ClH/c1-5-24-19(27)13-26-9-8-16-10-17(6-7-18(16)20(26)28)30-14-15(11-23)12-25-21(29)31-22(2,3)4;1-20(2,3)29-19(27)22-10-13(9-21)12-28-15-4-5-16-14(8-15)6-7-23(18(16)26)11-17(24)25;2*1-2-20-16(22)10-21-6-5-13-7-14(3-4-15(13)17(21)23)24-11-12(8-18)9-19;;/h6-7,10-11H,5,8-9,12-14H2,1-4H3,(H,24,27)(H,25,29);4-5,8-9H,6-7,10-12H2,1-3H3,(H,22,27)(H,24,25);2*3-4,7-8H,2,5-6,9-11,19H2,1H3,(H,20,22);2*1H/b15-11-;13-9-;2*12-8-;;. The van der Waals surface area contributed by atoms with Crippen LogP contribution in [0.25, 0.3) is 0 Å². The molecule has 0 unspecified atom stereocenters. The van der Waals surface area contributed by atoms with Crippen molar-refractivity contribution >= 4 is 84.3 Å². The van der Waals surface area contributed by atoms with Crippen molar-refractivity contribution in [2.75, 3.05) is 125 Å². The number of rotatable bonds is 29. The number of carbonyl (C=O) groups excluding carboxylic acids is 9. The van der Waals surface area contributed by atoms with Gasteiger partial charge in [0, 0.05) is 117 Å². The van der Waals surface area contributed by atoms with Crippen LogP contribution in [0.1, 0.15) is 126 Å². The molecule has 4 heterocycles. The monoisotopic (exact) mass is 1590 g/mol. The average molecular weight is 1590 g/mol. The van der Waals surface area contributed by atoms with E-state index in [1.54, 1.807) is 114 Å². The first-order chi connectivity index (χ1) is 51.4. The summed E-state index contributed by atoms with van der Waals surface area (Å²) in [4.78, 5) is 125. The van der Waals surface area contributed by atoms with Crippen LogP contribution in [0.5, 0.6) is 23.0 Å². The van der Waals surface area contributed by atoms with Crippen molar-refractivity contribution in [2.45, 2.75) is 99.2 Å². The summed E-state index contributed by atoms with van der Waals surface area (Å²) in [5.74, 6) is -0.407. The highest BCUT2D eigenvalue weighted by molar-refractivity contribution is 6.01. The van der Waals surface area contributed by atoms with E-state index in [2.05, 4.69) is 26.6 Å². The minimum Gasteiger partial charge on any atom is -0.489 e. The number of benzene rings is 4. The van der Waals surface area contributed by atoms with Gasteiger partial charge in [-0.05, 0) is 183 Å². The van der Waals surface area contributed by atoms with Gasteiger partial charge in [-0.1, -0.05) is 0 Å². The number of aliphatic carboxylic acids is 1. The number of halogens is 6. The molecule has 4 aromatic carbocycles. The van der Waals surface area contributed by atoms with Gasteiger partial charge in [0.15, 0.2) is 0 Å². The number of carboxylic acid groups (broad SMARTS) is 1. The molecule has 8 rings (SSSR count). The molecule has 604 valence electrons. The Morgan fingerprint density at radius 2 is 0.664 bits per heavy atom. The third-order valence-electron chi connectivity index (χ3n) is 16.0. The van der Waals surface area contributed by atoms with Gasteiger partial charge in [0.2, 0.25) is 17.7 Å². The van der Waals surface area contributed by atoms with Crippen molar-refractivity contribution in [3.05, 3.63) is 165 Å². The maximum absolute atomic E-state index is 13.2. The molecule has 28 nitrogen and oxygen atoms in total. The summed E-state index contributed by atoms with van der Waals surface area (Å²) >= 11 is 0. The second-order valence-electron chi connectivity index (χ2n) is 26.8. The normalized spacial score (nSPS) is 14.0. The summed E-state index contributed by atoms with van der Waals surface area (Å²) in [5.41, 5.74) is 16.0. The van der Waals surface area contributed by atoms with Crippen LogP contribution in [0.3, 0.4) is 0 Å². The molecule has 0 spiro atoms. The number of fused-ring (bicyclic) bond motifs is 4. The van der Waals surface area contributed by atoms with E-state index >= 15 is 0 Å². The van der Waals surface area contributed by atoms with Crippen molar-refractivity contribution < 1.29 is 99.0 Å². The van der Waals surface area contributed by atoms with E-state index in [4.69, 9.17) is 45.0 Å². The van der Waals surface area contributed by atoms with Gasteiger partial charge in [0.05, 0.1) is 45.0 Å². The number of likely N-dealkylation sites (N-methyl/N-ethyl adjacent to an activating group) is 3. The SMILES string of the molecule is CC(C)(C)OC(=O)NC/C(=C/F)COc1ccc2c(c1)CCN(CC(=O)O)C2=O.CCNC(=O)CN1CCc2cc(OC/C(=C\F)CN)ccc2C1=O.CCNC(=O)CN1CCc2cc(OC/C(=C\F)CN)ccc2C1=O.CCNC(=O)CN1CCc2cc(OC/C(=C\F)CNC(=O)OC(C)(C)C)ccc2C1=O.Cl.Cl. The fourth-order valence-electron chi connectivity index (χ4n) is 10.7. The van der Waals surface area contributed by atoms with Crippen LogP contribution < -0.4 is 57.0 Å². The molecule has 4 aliphatic heterocycles. The molecule has 0 saturated carbocycles. The van der Waals surface area contributed by atoms with E-state index in [1.807, 2.05) is 20.8 Å². The van der Waals surface area contributed by atoms with E-state index in [-0.39, 0.29) is 156 Å². The first-order valence-corrected chi connectivity index (χ1v) is 35.1. The Labute approximate surface area is 649 Å². The highest BCUT2D eigenvalue weighted by Crippen LogP contribution is 2.29. The summed E-state index contributed by atoms with van der Waals surface area (Å²) in [6.07, 6.45) is 2.71. The Bertz CT molecular complexity index is 3850. The Morgan fingerprint density at radius 3 is 0.882 bits per heavy atom. The van der Waals surface area contributed by atoms with E-state index in [0.717, 1.165) is 22.3 Å². The van der Waals surface area contributed by atoms with Crippen molar-refractivity contribution in [1.29, 1.82) is 0 Å². The Balaban J connectivity index is 0.000000380. The van der Waals surface area contributed by atoms with Gasteiger partial charge in [0.25, 0.3) is 23.6 Å². The number of amides is 9. The topological polar surface area (TPSA) is 371 Å². The lowest BCUT2D eigenvalue weighted by Crippen LogP contribution is -2.44. The molecule has 0 saturated heterocycles. The molecule has 10 N–H and O–H groups in total. The number of nitrogens with two attached hydrogens (primary N) is 2. The molecular weight excluding hydrogens is 1490 g/mol. The van der Waals surface area contributed by atoms with Gasteiger partial charge in [-0.3, -0.25) is 38.4 Å². The lowest BCUT2D eigenvalue weighted by atomic mass is 9.98. The molecule has 0 aromatic heterocycles. The van der Waals surface area contributed by atoms with Crippen LogP contribution in [-0.2, 0) is 54.3 Å². The fourth-order valence-corrected chi connectivity index (χ4v) is 10.7. The number of hydrogen-bond donors (Lipinski definition) is 8. The van der Waals surface area contributed by atoms with Gasteiger partial charge in [-0.2, -0.15) is 0 Å². The Morgan fingerprint density at radius 1 is 0.418 bits per heavy atom. The van der Waals surface area contributed by atoms with Crippen LogP contribution in [0.4, 0.5) is 27.2 Å². The number of hydrogen-bond acceptors (Lipinski definition) is 18. The molecule has 0 radical (unpaired) electrons. The highest BCUT2D eigenvalue weighted by Gasteiger charge is 2.31. The first kappa shape index (κ1) is 93.8. The minimum atomic E-state index is -1.06. The number of nitrogens with one attached hydrogen (secondary N) is 5. The minimum absolute atomic E-state index is 0. The molecule has 34 heteroatoms. The van der Waals surface area contributed by atoms with Crippen molar-refractivity contribution in [2.24, 2.45) is 11.5 Å². The summed E-state index contributed by atoms with van der Waals surface area (Å²) < 4.78 is 83.6. The van der Waals surface area contributed by atoms with Crippen LogP contribution in [0.15, 0.2) is 120 Å². The van der Waals surface area contributed by atoms with Crippen LogP contribution in [-0.4, -0.2) is 220 Å². The maximum Gasteiger partial charge on any atom is 0.407 e. The number of alkyl carbamates (subject to hydrolysis) is 2. The number of carboxylic acids is 1. The van der Waals surface area contributed by atoms with Crippen LogP contribution in [0.2, 0.25) is 0 Å². The molecule has 4 aliphatic rings. The molecule has 0 fully saturated rings. The summed E-state index contributed by atoms with van der Waals surface area (Å²) in [6.45, 7) is 19.0. The predicted molar refractivity (Wildman–Crippen MR) is 408 cm³/mol. The average Bonchev–Trinajstić information content (AvgIpc) is 0.822. The van der Waals surface area contributed by atoms with Gasteiger partial charge in [-0.25, -0.2) is 27.2 Å². The molecule has 4 aromatic rings. The second-order valence-corrected chi connectivity index (χ2v) is 26.8. The summed E-state index contributed by atoms with van der Waals surface area (Å²) in [5, 5.41) is 21.9. The number of nitrogens with zero attached hydrogens (tertiary/aromatic N) is 4. The zero-order chi connectivity index (χ0) is 79.7. The molecule has 0 bridgehead atoms. The first-order valence-electron chi connectivity index (χ1n) is 35.1. The quantitative estimate of drug-likeness (QED) is 0.0239. The third-order valence-corrected chi connectivity index (χ3v) is 16.0. The van der Waals surface area contributed by atoms with E-state index in [0.29, 0.717) is 153 Å². The van der Waals surface area contributed by atoms with Crippen LogP contribution in [0, 0.1) is 0 Å². The van der Waals surface area contributed by atoms with Gasteiger partial charge in [-0.15, -0.1) is 24.8 Å². The predicted octanol–water partition coefficient (Wildman–Crippen LogP) is 7.97. The van der Waals surface area contributed by atoms with Crippen molar-refractivity contribution in [3.8, 4) is 23.0 Å². The van der Waals surface area contributed by atoms with Gasteiger partial charge in [0.1, 0.15) is 67.2 Å². The van der Waals surface area contributed by atoms with Crippen molar-refractivity contribution in [1.82, 2.24) is 46.2 Å². The smallest absolute Gasteiger partial charge is 0.407 e. The largest absolute Gasteiger partial charge is 0.489 e. The molecule has 9 amide bonds. The Hall–Kier alpha value is -10.4. The van der Waals surface area contributed by atoms with Gasteiger partial charge >= 0.3 is 18.2 Å².